The summed E-state index contributed by atoms with van der Waals surface area (Å²) in [4.78, 5) is 5.48. The minimum Gasteiger partial charge on any atom is -0.298 e. The maximum Gasteiger partial charge on any atom is 0.0685 e. The fourth-order valence-corrected chi connectivity index (χ4v) is 1.13. The van der Waals surface area contributed by atoms with Gasteiger partial charge in [-0.15, -0.1) is 0 Å². The van der Waals surface area contributed by atoms with Gasteiger partial charge >= 0.3 is 0 Å². The average molecular weight is 143 g/mol. The number of rotatable bonds is 0. The van der Waals surface area contributed by atoms with E-state index < -0.39 is 0 Å². The van der Waals surface area contributed by atoms with Crippen molar-refractivity contribution in [1.29, 1.82) is 0 Å². The van der Waals surface area contributed by atoms with Crippen molar-refractivity contribution in [2.45, 2.75) is 39.2 Å². The summed E-state index contributed by atoms with van der Waals surface area (Å²) in [5.41, 5.74) is 0.181. The Morgan fingerprint density at radius 3 is 2.20 bits per heavy atom. The van der Waals surface area contributed by atoms with Gasteiger partial charge in [0.2, 0.25) is 0 Å². The van der Waals surface area contributed by atoms with Crippen molar-refractivity contribution in [3.05, 3.63) is 0 Å². The maximum absolute atomic E-state index is 5.48. The molecule has 0 radical (unpaired) electrons. The van der Waals surface area contributed by atoms with Gasteiger partial charge in [-0.2, -0.15) is 5.06 Å². The van der Waals surface area contributed by atoms with E-state index >= 15 is 0 Å². The first kappa shape index (κ1) is 8.02. The molecule has 0 atom stereocenters. The summed E-state index contributed by atoms with van der Waals surface area (Å²) in [7, 11) is 0. The van der Waals surface area contributed by atoms with Gasteiger partial charge in [-0.25, -0.2) is 0 Å². The number of hydroxylamine groups is 2. The zero-order valence-electron chi connectivity index (χ0n) is 7.18. The maximum atomic E-state index is 5.48. The van der Waals surface area contributed by atoms with E-state index in [-0.39, 0.29) is 5.54 Å². The molecule has 1 saturated heterocycles. The highest BCUT2D eigenvalue weighted by Gasteiger charge is 2.23. The molecule has 1 fully saturated rings. The number of hydrogen-bond donors (Lipinski definition) is 0. The van der Waals surface area contributed by atoms with E-state index in [2.05, 4.69) is 25.8 Å². The van der Waals surface area contributed by atoms with Crippen molar-refractivity contribution >= 4 is 0 Å². The third-order valence-electron chi connectivity index (χ3n) is 1.75. The predicted octanol–water partition coefficient (Wildman–Crippen LogP) is 1.81. The first-order valence-corrected chi connectivity index (χ1v) is 4.01. The molecular formula is C8H17NO. The second-order valence-corrected chi connectivity index (χ2v) is 3.81. The molecule has 0 amide bonds. The summed E-state index contributed by atoms with van der Waals surface area (Å²) in [5, 5.41) is 2.08. The molecule has 0 aromatic heterocycles. The van der Waals surface area contributed by atoms with E-state index in [1.807, 2.05) is 0 Å². The highest BCUT2D eigenvalue weighted by Crippen LogP contribution is 2.17. The lowest BCUT2D eigenvalue weighted by Crippen LogP contribution is -2.44. The molecule has 0 saturated carbocycles. The molecule has 60 valence electrons. The number of nitrogens with zero attached hydrogens (tertiary/aromatic N) is 1. The predicted molar refractivity (Wildman–Crippen MR) is 41.6 cm³/mol. The molecule has 0 aliphatic carbocycles. The monoisotopic (exact) mass is 143 g/mol. The van der Waals surface area contributed by atoms with Crippen LogP contribution in [0.25, 0.3) is 0 Å². The molecule has 0 aromatic carbocycles. The smallest absolute Gasteiger partial charge is 0.0685 e. The Kier molecular flexibility index (Phi) is 2.32. The lowest BCUT2D eigenvalue weighted by atomic mass is 10.1. The Labute approximate surface area is 63.1 Å². The van der Waals surface area contributed by atoms with Crippen LogP contribution >= 0.6 is 0 Å². The van der Waals surface area contributed by atoms with E-state index in [9.17, 15) is 0 Å². The van der Waals surface area contributed by atoms with E-state index in [0.29, 0.717) is 0 Å². The van der Waals surface area contributed by atoms with E-state index in [0.717, 1.165) is 13.2 Å². The molecule has 0 unspecified atom stereocenters. The van der Waals surface area contributed by atoms with Gasteiger partial charge in [0.25, 0.3) is 0 Å². The minimum atomic E-state index is 0.181. The molecule has 1 aliphatic rings. The Bertz CT molecular complexity index is 100. The standard InChI is InChI=1S/C8H17NO/c1-8(2,3)9-6-4-5-7-10-9/h4-7H2,1-3H3. The fraction of sp³-hybridized carbons (Fsp3) is 1.00. The van der Waals surface area contributed by atoms with Crippen LogP contribution in [-0.4, -0.2) is 23.8 Å². The Morgan fingerprint density at radius 2 is 1.90 bits per heavy atom. The summed E-state index contributed by atoms with van der Waals surface area (Å²) in [6, 6.07) is 0. The molecule has 10 heavy (non-hydrogen) atoms. The first-order chi connectivity index (χ1) is 4.61. The molecular weight excluding hydrogens is 126 g/mol. The van der Waals surface area contributed by atoms with Crippen LogP contribution in [0.15, 0.2) is 0 Å². The Balaban J connectivity index is 2.39. The summed E-state index contributed by atoms with van der Waals surface area (Å²) in [5.74, 6) is 0. The zero-order chi connectivity index (χ0) is 7.61. The van der Waals surface area contributed by atoms with Crippen LogP contribution in [0.3, 0.4) is 0 Å². The lowest BCUT2D eigenvalue weighted by molar-refractivity contribution is -0.227. The zero-order valence-corrected chi connectivity index (χ0v) is 7.18. The van der Waals surface area contributed by atoms with Crippen LogP contribution < -0.4 is 0 Å². The topological polar surface area (TPSA) is 12.5 Å². The molecule has 0 aromatic rings. The first-order valence-electron chi connectivity index (χ1n) is 4.01. The van der Waals surface area contributed by atoms with Gasteiger partial charge in [0.15, 0.2) is 0 Å². The van der Waals surface area contributed by atoms with E-state index in [1.54, 1.807) is 0 Å². The van der Waals surface area contributed by atoms with Crippen LogP contribution in [0, 0.1) is 0 Å². The molecule has 0 spiro atoms. The molecule has 2 nitrogen and oxygen atoms in total. The summed E-state index contributed by atoms with van der Waals surface area (Å²) in [6.45, 7) is 8.52. The third kappa shape index (κ3) is 1.96. The van der Waals surface area contributed by atoms with Crippen LogP contribution in [0.5, 0.6) is 0 Å². The minimum absolute atomic E-state index is 0.181. The van der Waals surface area contributed by atoms with E-state index in [1.165, 1.54) is 12.8 Å². The van der Waals surface area contributed by atoms with Gasteiger partial charge in [-0.1, -0.05) is 0 Å². The molecule has 2 heteroatoms. The van der Waals surface area contributed by atoms with Gasteiger partial charge < -0.3 is 0 Å². The molecule has 1 rings (SSSR count). The van der Waals surface area contributed by atoms with Crippen LogP contribution in [0.1, 0.15) is 33.6 Å². The summed E-state index contributed by atoms with van der Waals surface area (Å²) < 4.78 is 0. The van der Waals surface area contributed by atoms with Crippen molar-refractivity contribution in [2.75, 3.05) is 13.2 Å². The Morgan fingerprint density at radius 1 is 1.20 bits per heavy atom. The van der Waals surface area contributed by atoms with Gasteiger partial charge in [0.1, 0.15) is 0 Å². The summed E-state index contributed by atoms with van der Waals surface area (Å²) in [6.07, 6.45) is 2.49. The van der Waals surface area contributed by atoms with Gasteiger partial charge in [-0.3, -0.25) is 4.84 Å². The molecule has 1 heterocycles. The third-order valence-corrected chi connectivity index (χ3v) is 1.75. The van der Waals surface area contributed by atoms with Crippen LogP contribution in [0.4, 0.5) is 0 Å². The molecule has 1 aliphatic heterocycles. The van der Waals surface area contributed by atoms with Crippen LogP contribution in [0.2, 0.25) is 0 Å². The normalized spacial score (nSPS) is 23.1. The fourth-order valence-electron chi connectivity index (χ4n) is 1.13. The highest BCUT2D eigenvalue weighted by molar-refractivity contribution is 4.71. The Hall–Kier alpha value is -0.0800. The van der Waals surface area contributed by atoms with Crippen molar-refractivity contribution < 1.29 is 4.84 Å². The number of hydrogen-bond acceptors (Lipinski definition) is 2. The van der Waals surface area contributed by atoms with Crippen molar-refractivity contribution in [2.24, 2.45) is 0 Å². The SMILES string of the molecule is CC(C)(C)N1CCCCO1. The van der Waals surface area contributed by atoms with Crippen LogP contribution in [-0.2, 0) is 4.84 Å². The van der Waals surface area contributed by atoms with Gasteiger partial charge in [0.05, 0.1) is 6.61 Å². The second kappa shape index (κ2) is 2.89. The molecule has 0 bridgehead atoms. The largest absolute Gasteiger partial charge is 0.298 e. The van der Waals surface area contributed by atoms with E-state index in [4.69, 9.17) is 4.84 Å². The van der Waals surface area contributed by atoms with Crippen molar-refractivity contribution in [3.8, 4) is 0 Å². The lowest BCUT2D eigenvalue weighted by Gasteiger charge is -2.36. The van der Waals surface area contributed by atoms with Crippen molar-refractivity contribution in [1.82, 2.24) is 5.06 Å². The quantitative estimate of drug-likeness (QED) is 0.513. The summed E-state index contributed by atoms with van der Waals surface area (Å²) >= 11 is 0. The highest BCUT2D eigenvalue weighted by atomic mass is 16.7. The van der Waals surface area contributed by atoms with Gasteiger partial charge in [-0.05, 0) is 33.6 Å². The van der Waals surface area contributed by atoms with Gasteiger partial charge in [0, 0.05) is 12.1 Å². The van der Waals surface area contributed by atoms with Crippen molar-refractivity contribution in [3.63, 3.8) is 0 Å². The molecule has 0 N–H and O–H groups in total. The average Bonchev–Trinajstić information content (AvgIpc) is 1.88. The second-order valence-electron chi connectivity index (χ2n) is 3.81.